The van der Waals surface area contributed by atoms with Gasteiger partial charge in [0.2, 0.25) is 11.7 Å². The standard InChI is InChI=1S/C10H10BrN3O2S/c11-6-3-8(17-5-6)9-13-10(16-14-9)7-4-15-2-1-12-7/h3,5,7,12H,1-2,4H2. The predicted molar refractivity (Wildman–Crippen MR) is 66.9 cm³/mol. The van der Waals surface area contributed by atoms with Gasteiger partial charge in [0, 0.05) is 16.4 Å². The van der Waals surface area contributed by atoms with E-state index in [0.29, 0.717) is 18.3 Å². The fourth-order valence-corrected chi connectivity index (χ4v) is 2.98. The molecule has 0 spiro atoms. The molecule has 2 aromatic heterocycles. The first kappa shape index (κ1) is 11.3. The van der Waals surface area contributed by atoms with Gasteiger partial charge in [-0.25, -0.2) is 0 Å². The van der Waals surface area contributed by atoms with E-state index in [1.54, 1.807) is 11.3 Å². The minimum Gasteiger partial charge on any atom is -0.378 e. The molecule has 0 aromatic carbocycles. The second-order valence-corrected chi connectivity index (χ2v) is 5.49. The van der Waals surface area contributed by atoms with Gasteiger partial charge in [-0.2, -0.15) is 4.98 Å². The number of hydrogen-bond acceptors (Lipinski definition) is 6. The fourth-order valence-electron chi connectivity index (χ4n) is 1.63. The van der Waals surface area contributed by atoms with Crippen molar-refractivity contribution in [1.29, 1.82) is 0 Å². The number of nitrogens with one attached hydrogen (secondary N) is 1. The number of nitrogens with zero attached hydrogens (tertiary/aromatic N) is 2. The zero-order valence-electron chi connectivity index (χ0n) is 8.85. The molecule has 1 atom stereocenters. The van der Waals surface area contributed by atoms with Crippen LogP contribution in [0.5, 0.6) is 0 Å². The summed E-state index contributed by atoms with van der Waals surface area (Å²) in [5, 5.41) is 9.25. The minimum atomic E-state index is 0.00778. The Kier molecular flexibility index (Phi) is 3.24. The van der Waals surface area contributed by atoms with Crippen LogP contribution in [0.4, 0.5) is 0 Å². The molecule has 1 aliphatic heterocycles. The third-order valence-corrected chi connectivity index (χ3v) is 4.14. The highest BCUT2D eigenvalue weighted by atomic mass is 79.9. The third kappa shape index (κ3) is 2.42. The first-order valence-electron chi connectivity index (χ1n) is 5.22. The van der Waals surface area contributed by atoms with Crippen molar-refractivity contribution in [2.75, 3.05) is 19.8 Å². The average molecular weight is 316 g/mol. The third-order valence-electron chi connectivity index (χ3n) is 2.45. The van der Waals surface area contributed by atoms with E-state index in [2.05, 4.69) is 31.4 Å². The van der Waals surface area contributed by atoms with E-state index in [-0.39, 0.29) is 6.04 Å². The van der Waals surface area contributed by atoms with E-state index >= 15 is 0 Å². The van der Waals surface area contributed by atoms with Crippen LogP contribution in [0, 0.1) is 0 Å². The van der Waals surface area contributed by atoms with Gasteiger partial charge >= 0.3 is 0 Å². The Morgan fingerprint density at radius 2 is 2.47 bits per heavy atom. The maximum absolute atomic E-state index is 5.36. The van der Waals surface area contributed by atoms with Crippen LogP contribution >= 0.6 is 27.3 Å². The smallest absolute Gasteiger partial charge is 0.246 e. The first-order valence-corrected chi connectivity index (χ1v) is 6.89. The number of hydrogen-bond donors (Lipinski definition) is 1. The van der Waals surface area contributed by atoms with Crippen molar-refractivity contribution in [3.05, 3.63) is 21.8 Å². The molecule has 1 aliphatic rings. The summed E-state index contributed by atoms with van der Waals surface area (Å²) in [6, 6.07) is 1.98. The Balaban J connectivity index is 1.82. The van der Waals surface area contributed by atoms with Crippen LogP contribution in [-0.2, 0) is 4.74 Å². The van der Waals surface area contributed by atoms with Gasteiger partial charge in [0.15, 0.2) is 0 Å². The van der Waals surface area contributed by atoms with Crippen molar-refractivity contribution in [1.82, 2.24) is 15.5 Å². The number of rotatable bonds is 2. The van der Waals surface area contributed by atoms with Gasteiger partial charge in [0.25, 0.3) is 0 Å². The largest absolute Gasteiger partial charge is 0.378 e. The SMILES string of the molecule is Brc1csc(-c2noc(C3COCCN3)n2)c1. The van der Waals surface area contributed by atoms with Crippen molar-refractivity contribution >= 4 is 27.3 Å². The summed E-state index contributed by atoms with van der Waals surface area (Å²) in [5.74, 6) is 1.22. The fraction of sp³-hybridized carbons (Fsp3) is 0.400. The summed E-state index contributed by atoms with van der Waals surface area (Å²) >= 11 is 4.98. The summed E-state index contributed by atoms with van der Waals surface area (Å²) in [6.45, 7) is 2.12. The lowest BCUT2D eigenvalue weighted by molar-refractivity contribution is 0.0659. The number of thiophene rings is 1. The van der Waals surface area contributed by atoms with Crippen LogP contribution in [0.2, 0.25) is 0 Å². The van der Waals surface area contributed by atoms with Crippen molar-refractivity contribution in [2.45, 2.75) is 6.04 Å². The van der Waals surface area contributed by atoms with Crippen LogP contribution < -0.4 is 5.32 Å². The molecular formula is C10H10BrN3O2S. The van der Waals surface area contributed by atoms with Crippen LogP contribution in [0.1, 0.15) is 11.9 Å². The number of morpholine rings is 1. The quantitative estimate of drug-likeness (QED) is 0.920. The Morgan fingerprint density at radius 3 is 3.18 bits per heavy atom. The maximum atomic E-state index is 5.36. The van der Waals surface area contributed by atoms with E-state index in [1.165, 1.54) is 0 Å². The number of halogens is 1. The molecule has 7 heteroatoms. The van der Waals surface area contributed by atoms with Gasteiger partial charge in [-0.1, -0.05) is 5.16 Å². The molecular weight excluding hydrogens is 306 g/mol. The lowest BCUT2D eigenvalue weighted by Gasteiger charge is -2.20. The van der Waals surface area contributed by atoms with Crippen LogP contribution in [-0.4, -0.2) is 29.9 Å². The lowest BCUT2D eigenvalue weighted by Crippen LogP contribution is -2.34. The molecule has 0 saturated carbocycles. The molecule has 17 heavy (non-hydrogen) atoms. The molecule has 1 N–H and O–H groups in total. The molecule has 0 bridgehead atoms. The van der Waals surface area contributed by atoms with Gasteiger partial charge in [-0.15, -0.1) is 11.3 Å². The van der Waals surface area contributed by atoms with E-state index in [9.17, 15) is 0 Å². The van der Waals surface area contributed by atoms with Gasteiger partial charge < -0.3 is 14.6 Å². The summed E-state index contributed by atoms with van der Waals surface area (Å²) in [6.07, 6.45) is 0. The van der Waals surface area contributed by atoms with Gasteiger partial charge in [0.05, 0.1) is 18.1 Å². The maximum Gasteiger partial charge on any atom is 0.246 e. The first-order chi connectivity index (χ1) is 8.33. The summed E-state index contributed by atoms with van der Waals surface area (Å²) in [5.41, 5.74) is 0. The summed E-state index contributed by atoms with van der Waals surface area (Å²) < 4.78 is 11.6. The van der Waals surface area contributed by atoms with Crippen molar-refractivity contribution in [2.24, 2.45) is 0 Å². The second kappa shape index (κ2) is 4.85. The lowest BCUT2D eigenvalue weighted by atomic mass is 10.3. The van der Waals surface area contributed by atoms with Gasteiger partial charge in [0.1, 0.15) is 6.04 Å². The molecule has 3 heterocycles. The average Bonchev–Trinajstić information content (AvgIpc) is 2.98. The molecule has 1 fully saturated rings. The highest BCUT2D eigenvalue weighted by Crippen LogP contribution is 2.28. The molecule has 90 valence electrons. The Morgan fingerprint density at radius 1 is 1.53 bits per heavy atom. The van der Waals surface area contributed by atoms with Crippen molar-refractivity contribution < 1.29 is 9.26 Å². The molecule has 2 aromatic rings. The molecule has 3 rings (SSSR count). The zero-order valence-corrected chi connectivity index (χ0v) is 11.3. The minimum absolute atomic E-state index is 0.00778. The van der Waals surface area contributed by atoms with Crippen molar-refractivity contribution in [3.8, 4) is 10.7 Å². The number of aromatic nitrogens is 2. The molecule has 0 radical (unpaired) electrons. The van der Waals surface area contributed by atoms with E-state index in [4.69, 9.17) is 9.26 Å². The monoisotopic (exact) mass is 315 g/mol. The molecule has 5 nitrogen and oxygen atoms in total. The van der Waals surface area contributed by atoms with E-state index in [0.717, 1.165) is 22.5 Å². The Bertz CT molecular complexity index is 507. The topological polar surface area (TPSA) is 60.2 Å². The molecule has 1 saturated heterocycles. The summed E-state index contributed by atoms with van der Waals surface area (Å²) in [4.78, 5) is 5.38. The van der Waals surface area contributed by atoms with Gasteiger partial charge in [-0.3, -0.25) is 0 Å². The molecule has 0 amide bonds. The summed E-state index contributed by atoms with van der Waals surface area (Å²) in [7, 11) is 0. The van der Waals surface area contributed by atoms with E-state index < -0.39 is 0 Å². The predicted octanol–water partition coefficient (Wildman–Crippen LogP) is 2.22. The number of ether oxygens (including phenoxy) is 1. The Labute approximate surface area is 110 Å². The van der Waals surface area contributed by atoms with Crippen molar-refractivity contribution in [3.63, 3.8) is 0 Å². The van der Waals surface area contributed by atoms with Gasteiger partial charge in [-0.05, 0) is 22.0 Å². The highest BCUT2D eigenvalue weighted by molar-refractivity contribution is 9.10. The van der Waals surface area contributed by atoms with E-state index in [1.807, 2.05) is 11.4 Å². The molecule has 1 unspecified atom stereocenters. The Hall–Kier alpha value is -0.760. The second-order valence-electron chi connectivity index (χ2n) is 3.67. The highest BCUT2D eigenvalue weighted by Gasteiger charge is 2.22. The van der Waals surface area contributed by atoms with Crippen LogP contribution in [0.25, 0.3) is 10.7 Å². The normalized spacial score (nSPS) is 20.6. The zero-order chi connectivity index (χ0) is 11.7. The molecule has 0 aliphatic carbocycles. The van der Waals surface area contributed by atoms with Crippen LogP contribution in [0.3, 0.4) is 0 Å². The van der Waals surface area contributed by atoms with Crippen LogP contribution in [0.15, 0.2) is 20.4 Å².